The van der Waals surface area contributed by atoms with Gasteiger partial charge in [-0.1, -0.05) is 13.0 Å². The number of aliphatic hydroxyl groups excluding tert-OH is 1. The van der Waals surface area contributed by atoms with E-state index >= 15 is 0 Å². The molecule has 2 aromatic rings. The number of hydrogen-bond acceptors (Lipinski definition) is 7. The van der Waals surface area contributed by atoms with Crippen LogP contribution in [-0.4, -0.2) is 77.4 Å². The Balaban J connectivity index is 1.72. The number of hydrogen-bond donors (Lipinski definition) is 2. The van der Waals surface area contributed by atoms with E-state index in [1.807, 2.05) is 6.92 Å². The largest absolute Gasteiger partial charge is 0.395 e. The molecule has 1 aromatic heterocycles. The zero-order valence-corrected chi connectivity index (χ0v) is 18.0. The minimum atomic E-state index is -3.72. The first-order chi connectivity index (χ1) is 14.3. The molecule has 162 valence electrons. The number of aryl methyl sites for hydroxylation is 1. The van der Waals surface area contributed by atoms with Gasteiger partial charge >= 0.3 is 0 Å². The molecule has 0 spiro atoms. The predicted molar refractivity (Wildman–Crippen MR) is 113 cm³/mol. The molecule has 0 bridgehead atoms. The minimum Gasteiger partial charge on any atom is -0.395 e. The van der Waals surface area contributed by atoms with Crippen molar-refractivity contribution >= 4 is 21.7 Å². The van der Waals surface area contributed by atoms with Crippen molar-refractivity contribution in [3.8, 4) is 0 Å². The summed E-state index contributed by atoms with van der Waals surface area (Å²) in [6.07, 6.45) is 2.35. The molecule has 1 saturated heterocycles. The van der Waals surface area contributed by atoms with Crippen molar-refractivity contribution in [2.75, 3.05) is 38.1 Å². The summed E-state index contributed by atoms with van der Waals surface area (Å²) in [5.74, 6) is 0.435. The normalized spacial score (nSPS) is 16.9. The summed E-state index contributed by atoms with van der Waals surface area (Å²) in [4.78, 5) is 22.9. The maximum absolute atomic E-state index is 13.1. The number of carbonyl (C=O) groups excluding carboxylic acids is 1. The molecule has 0 radical (unpaired) electrons. The molecule has 1 aliphatic rings. The van der Waals surface area contributed by atoms with Crippen molar-refractivity contribution in [3.63, 3.8) is 0 Å². The Morgan fingerprint density at radius 3 is 2.60 bits per heavy atom. The number of benzene rings is 1. The number of amides is 1. The second kappa shape index (κ2) is 9.61. The van der Waals surface area contributed by atoms with E-state index in [2.05, 4.69) is 20.2 Å². The third-order valence-electron chi connectivity index (χ3n) is 5.22. The predicted octanol–water partition coefficient (Wildman–Crippen LogP) is 1.11. The van der Waals surface area contributed by atoms with Crippen LogP contribution in [0.25, 0.3) is 0 Å². The zero-order valence-electron chi connectivity index (χ0n) is 17.2. The lowest BCUT2D eigenvalue weighted by Crippen LogP contribution is -2.52. The van der Waals surface area contributed by atoms with Crippen molar-refractivity contribution in [2.45, 2.75) is 31.2 Å². The fourth-order valence-corrected chi connectivity index (χ4v) is 4.94. The van der Waals surface area contributed by atoms with Gasteiger partial charge in [-0.2, -0.15) is 4.31 Å². The van der Waals surface area contributed by atoms with E-state index in [0.717, 1.165) is 6.42 Å². The molecular weight excluding hydrogens is 406 g/mol. The molecule has 1 aromatic carbocycles. The van der Waals surface area contributed by atoms with E-state index < -0.39 is 15.9 Å². The number of nitrogens with zero attached hydrogens (tertiary/aromatic N) is 4. The summed E-state index contributed by atoms with van der Waals surface area (Å²) >= 11 is 0. The lowest BCUT2D eigenvalue weighted by atomic mass is 10.2. The topological polar surface area (TPSA) is 116 Å². The molecule has 2 N–H and O–H groups in total. The Labute approximate surface area is 176 Å². The number of anilines is 1. The summed E-state index contributed by atoms with van der Waals surface area (Å²) in [6, 6.07) is 7.62. The highest BCUT2D eigenvalue weighted by Gasteiger charge is 2.30. The van der Waals surface area contributed by atoms with Crippen LogP contribution in [0.5, 0.6) is 0 Å². The van der Waals surface area contributed by atoms with Crippen LogP contribution < -0.4 is 5.32 Å². The lowest BCUT2D eigenvalue weighted by molar-refractivity contribution is 0.0881. The molecular formula is C20H27N5O4S. The maximum Gasteiger partial charge on any atom is 0.256 e. The van der Waals surface area contributed by atoms with Crippen LogP contribution in [-0.2, 0) is 10.0 Å². The van der Waals surface area contributed by atoms with Crippen LogP contribution in [0.4, 0.5) is 5.82 Å². The highest BCUT2D eigenvalue weighted by molar-refractivity contribution is 7.89. The number of rotatable bonds is 7. The fraction of sp³-hybridized carbons (Fsp3) is 0.450. The molecule has 9 nitrogen and oxygen atoms in total. The van der Waals surface area contributed by atoms with E-state index in [-0.39, 0.29) is 23.1 Å². The van der Waals surface area contributed by atoms with Crippen molar-refractivity contribution in [1.29, 1.82) is 0 Å². The first-order valence-corrected chi connectivity index (χ1v) is 11.3. The highest BCUT2D eigenvalue weighted by Crippen LogP contribution is 2.20. The van der Waals surface area contributed by atoms with Gasteiger partial charge in [-0.25, -0.2) is 18.4 Å². The number of carbonyl (C=O) groups is 1. The van der Waals surface area contributed by atoms with Crippen LogP contribution in [0, 0.1) is 6.92 Å². The van der Waals surface area contributed by atoms with E-state index in [9.17, 15) is 18.3 Å². The van der Waals surface area contributed by atoms with Crippen LogP contribution >= 0.6 is 0 Å². The summed E-state index contributed by atoms with van der Waals surface area (Å²) < 4.78 is 27.6. The van der Waals surface area contributed by atoms with Gasteiger partial charge in [0, 0.05) is 44.0 Å². The second-order valence-corrected chi connectivity index (χ2v) is 9.09. The maximum atomic E-state index is 13.1. The molecule has 30 heavy (non-hydrogen) atoms. The van der Waals surface area contributed by atoms with Gasteiger partial charge in [-0.15, -0.1) is 0 Å². The van der Waals surface area contributed by atoms with E-state index in [1.165, 1.54) is 16.4 Å². The number of aliphatic hydroxyl groups is 1. The van der Waals surface area contributed by atoms with E-state index in [0.29, 0.717) is 37.8 Å². The third-order valence-corrected chi connectivity index (χ3v) is 7.12. The Morgan fingerprint density at radius 1 is 1.23 bits per heavy atom. The molecule has 0 saturated carbocycles. The number of nitrogens with one attached hydrogen (secondary N) is 1. The van der Waals surface area contributed by atoms with Gasteiger partial charge in [0.15, 0.2) is 0 Å². The second-order valence-electron chi connectivity index (χ2n) is 7.16. The Hall–Kier alpha value is -2.40. The van der Waals surface area contributed by atoms with Crippen molar-refractivity contribution < 1.29 is 18.3 Å². The summed E-state index contributed by atoms with van der Waals surface area (Å²) in [6.45, 7) is 5.59. The van der Waals surface area contributed by atoms with Gasteiger partial charge in [0.05, 0.1) is 11.5 Å². The molecule has 1 fully saturated rings. The quantitative estimate of drug-likeness (QED) is 0.672. The van der Waals surface area contributed by atoms with E-state index in [4.69, 9.17) is 0 Å². The molecule has 0 aliphatic carbocycles. The molecule has 10 heteroatoms. The Kier molecular flexibility index (Phi) is 7.14. The number of piperazine rings is 1. The zero-order chi connectivity index (χ0) is 21.7. The number of sulfonamides is 1. The fourth-order valence-electron chi connectivity index (χ4n) is 3.47. The molecule has 0 unspecified atom stereocenters. The first kappa shape index (κ1) is 22.3. The lowest BCUT2D eigenvalue weighted by Gasteiger charge is -2.37. The minimum absolute atomic E-state index is 0.0484. The van der Waals surface area contributed by atoms with Crippen LogP contribution in [0.1, 0.15) is 29.5 Å². The Bertz CT molecular complexity index is 986. The van der Waals surface area contributed by atoms with Crippen LogP contribution in [0.2, 0.25) is 0 Å². The first-order valence-electron chi connectivity index (χ1n) is 9.91. The van der Waals surface area contributed by atoms with E-state index in [1.54, 1.807) is 31.3 Å². The SMILES string of the molecule is CC[C@@H](CO)N1CCN(S(=O)(=O)c2cccc(C(=O)Nc3ccnc(C)n3)c2)CC1. The molecule has 1 aliphatic heterocycles. The molecule has 1 atom stereocenters. The summed E-state index contributed by atoms with van der Waals surface area (Å²) in [5.41, 5.74) is 0.234. The molecule has 3 rings (SSSR count). The van der Waals surface area contributed by atoms with Crippen molar-refractivity contribution in [3.05, 3.63) is 47.9 Å². The third kappa shape index (κ3) is 5.01. The van der Waals surface area contributed by atoms with Crippen molar-refractivity contribution in [2.24, 2.45) is 0 Å². The van der Waals surface area contributed by atoms with Gasteiger partial charge in [0.25, 0.3) is 5.91 Å². The van der Waals surface area contributed by atoms with Gasteiger partial charge < -0.3 is 10.4 Å². The smallest absolute Gasteiger partial charge is 0.256 e. The van der Waals surface area contributed by atoms with Gasteiger partial charge in [0.2, 0.25) is 10.0 Å². The Morgan fingerprint density at radius 2 is 1.97 bits per heavy atom. The average molecular weight is 434 g/mol. The average Bonchev–Trinajstić information content (AvgIpc) is 2.75. The van der Waals surface area contributed by atoms with Gasteiger partial charge in [-0.05, 0) is 37.6 Å². The van der Waals surface area contributed by atoms with Gasteiger partial charge in [-0.3, -0.25) is 9.69 Å². The summed E-state index contributed by atoms with van der Waals surface area (Å²) in [7, 11) is -3.72. The molecule has 1 amide bonds. The molecule has 2 heterocycles. The van der Waals surface area contributed by atoms with Crippen LogP contribution in [0.15, 0.2) is 41.4 Å². The summed E-state index contributed by atoms with van der Waals surface area (Å²) in [5, 5.41) is 12.1. The standard InChI is InChI=1S/C20H27N5O4S/c1-3-17(14-26)24-9-11-25(12-10-24)30(28,29)18-6-4-5-16(13-18)20(27)23-19-7-8-21-15(2)22-19/h4-8,13,17,26H,3,9-12,14H2,1-2H3,(H,21,22,23,27)/t17-/m0/s1. The van der Waals surface area contributed by atoms with Gasteiger partial charge in [0.1, 0.15) is 11.6 Å². The van der Waals surface area contributed by atoms with Crippen molar-refractivity contribution in [1.82, 2.24) is 19.2 Å². The highest BCUT2D eigenvalue weighted by atomic mass is 32.2. The number of aromatic nitrogens is 2. The van der Waals surface area contributed by atoms with Crippen LogP contribution in [0.3, 0.4) is 0 Å². The monoisotopic (exact) mass is 433 g/mol.